The van der Waals surface area contributed by atoms with E-state index < -0.39 is 6.10 Å². The highest BCUT2D eigenvalue weighted by Gasteiger charge is 2.24. The van der Waals surface area contributed by atoms with Crippen LogP contribution in [0.5, 0.6) is 5.75 Å². The fraction of sp³-hybridized carbons (Fsp3) is 0.294. The minimum atomic E-state index is -0.540. The number of nitrogens with zero attached hydrogens (tertiary/aromatic N) is 4. The van der Waals surface area contributed by atoms with Crippen molar-refractivity contribution in [2.45, 2.75) is 52.7 Å². The van der Waals surface area contributed by atoms with Gasteiger partial charge in [-0.25, -0.2) is 9.36 Å². The molecule has 1 N–H and O–H groups in total. The summed E-state index contributed by atoms with van der Waals surface area (Å²) in [7, 11) is 3.71. The highest BCUT2D eigenvalue weighted by Crippen LogP contribution is 2.33. The maximum absolute atomic E-state index is 14.0. The summed E-state index contributed by atoms with van der Waals surface area (Å²) in [5.74, 6) is 0.415. The first-order chi connectivity index (χ1) is 20.1. The van der Waals surface area contributed by atoms with Gasteiger partial charge < -0.3 is 9.84 Å². The van der Waals surface area contributed by atoms with Crippen LogP contribution in [0, 0.1) is 19.9 Å². The summed E-state index contributed by atoms with van der Waals surface area (Å²) in [4.78, 5) is 27.9. The zero-order valence-electron chi connectivity index (χ0n) is 25.0. The van der Waals surface area contributed by atoms with Gasteiger partial charge in [0.05, 0.1) is 28.6 Å². The van der Waals surface area contributed by atoms with Gasteiger partial charge in [0, 0.05) is 43.5 Å². The highest BCUT2D eigenvalue weighted by atomic mass is 16.5. The number of aliphatic hydroxyl groups excluding tert-OH is 1. The SMILES string of the molecule is CCC(CC(C)O)Oc1[c]c(-c2c(C)n(C)n(-c3ccccc3)c2=O)cc(-c2c(C)n(C)n(-c3ccccc3)c2=O)c1. The van der Waals surface area contributed by atoms with Crippen LogP contribution in [0.3, 0.4) is 0 Å². The smallest absolute Gasteiger partial charge is 0.279 e. The van der Waals surface area contributed by atoms with Crippen molar-refractivity contribution in [3.8, 4) is 39.4 Å². The number of ether oxygens (including phenoxy) is 1. The average molecular weight is 566 g/mol. The van der Waals surface area contributed by atoms with E-state index >= 15 is 0 Å². The molecular weight excluding hydrogens is 528 g/mol. The Morgan fingerprint density at radius 1 is 0.810 bits per heavy atom. The highest BCUT2D eigenvalue weighted by molar-refractivity contribution is 5.76. The lowest BCUT2D eigenvalue weighted by molar-refractivity contribution is 0.103. The molecule has 2 atom stereocenters. The van der Waals surface area contributed by atoms with Gasteiger partial charge in [-0.2, -0.15) is 0 Å². The normalized spacial score (nSPS) is 12.8. The molecule has 2 unspecified atom stereocenters. The Morgan fingerprint density at radius 2 is 1.31 bits per heavy atom. The minimum absolute atomic E-state index is 0.174. The largest absolute Gasteiger partial charge is 0.490 e. The summed E-state index contributed by atoms with van der Waals surface area (Å²) in [5.41, 5.74) is 4.83. The molecule has 2 aromatic heterocycles. The maximum atomic E-state index is 14.0. The summed E-state index contributed by atoms with van der Waals surface area (Å²) < 4.78 is 13.3. The molecule has 0 fully saturated rings. The first kappa shape index (κ1) is 29.0. The molecule has 0 aliphatic carbocycles. The second-order valence-electron chi connectivity index (χ2n) is 10.8. The predicted octanol–water partition coefficient (Wildman–Crippen LogP) is 5.34. The number of aromatic nitrogens is 4. The number of hydrogen-bond donors (Lipinski definition) is 1. The van der Waals surface area contributed by atoms with E-state index in [1.54, 1.807) is 22.4 Å². The molecule has 0 amide bonds. The molecule has 0 bridgehead atoms. The topological polar surface area (TPSA) is 83.3 Å². The summed E-state index contributed by atoms with van der Waals surface area (Å²) in [6, 6.07) is 26.0. The van der Waals surface area contributed by atoms with Crippen molar-refractivity contribution in [3.05, 3.63) is 111 Å². The quantitative estimate of drug-likeness (QED) is 0.261. The number of rotatable bonds is 9. The van der Waals surface area contributed by atoms with Crippen LogP contribution in [0.25, 0.3) is 33.6 Å². The first-order valence-corrected chi connectivity index (χ1v) is 14.2. The van der Waals surface area contributed by atoms with Crippen LogP contribution in [0.4, 0.5) is 0 Å². The Kier molecular flexibility index (Phi) is 8.09. The van der Waals surface area contributed by atoms with E-state index in [9.17, 15) is 14.7 Å². The molecule has 0 saturated carbocycles. The van der Waals surface area contributed by atoms with Crippen molar-refractivity contribution < 1.29 is 9.84 Å². The van der Waals surface area contributed by atoms with Crippen molar-refractivity contribution in [1.29, 1.82) is 0 Å². The summed E-state index contributed by atoms with van der Waals surface area (Å²) in [6.45, 7) is 7.54. The second-order valence-corrected chi connectivity index (χ2v) is 10.8. The summed E-state index contributed by atoms with van der Waals surface area (Å²) in [6.07, 6.45) is 0.316. The monoisotopic (exact) mass is 565 g/mol. The third-order valence-corrected chi connectivity index (χ3v) is 7.86. The third-order valence-electron chi connectivity index (χ3n) is 7.86. The second kappa shape index (κ2) is 11.7. The molecule has 2 heterocycles. The van der Waals surface area contributed by atoms with Crippen molar-refractivity contribution in [2.75, 3.05) is 0 Å². The van der Waals surface area contributed by atoms with Gasteiger partial charge in [-0.1, -0.05) is 43.3 Å². The van der Waals surface area contributed by atoms with Crippen LogP contribution >= 0.6 is 0 Å². The number of para-hydroxylation sites is 2. The molecule has 217 valence electrons. The van der Waals surface area contributed by atoms with Crippen molar-refractivity contribution >= 4 is 0 Å². The van der Waals surface area contributed by atoms with E-state index in [0.717, 1.165) is 22.8 Å². The van der Waals surface area contributed by atoms with E-state index in [0.29, 0.717) is 40.8 Å². The lowest BCUT2D eigenvalue weighted by Gasteiger charge is -2.20. The number of aliphatic hydroxyl groups is 1. The van der Waals surface area contributed by atoms with Gasteiger partial charge in [-0.15, -0.1) is 0 Å². The van der Waals surface area contributed by atoms with Gasteiger partial charge in [-0.3, -0.25) is 19.0 Å². The molecular formula is C34H37N4O4. The number of benzene rings is 3. The standard InChI is InChI=1S/C34H37N4O4/c1-7-29(18-22(2)39)42-30-20-25(31-23(3)35(5)37(33(31)40)27-14-10-8-11-15-27)19-26(21-30)32-24(4)36(6)38(34(32)41)28-16-12-9-13-17-28/h8-17,19-20,22,29,39H,7,18H2,1-6H3. The van der Waals surface area contributed by atoms with Gasteiger partial charge in [-0.05, 0) is 69.2 Å². The van der Waals surface area contributed by atoms with Gasteiger partial charge in [0.15, 0.2) is 0 Å². The maximum Gasteiger partial charge on any atom is 0.279 e. The van der Waals surface area contributed by atoms with Crippen LogP contribution in [0.15, 0.2) is 82.4 Å². The van der Waals surface area contributed by atoms with Gasteiger partial charge in [0.25, 0.3) is 11.1 Å². The van der Waals surface area contributed by atoms with Crippen molar-refractivity contribution in [2.24, 2.45) is 14.1 Å². The Balaban J connectivity index is 1.74. The van der Waals surface area contributed by atoms with Gasteiger partial charge >= 0.3 is 0 Å². The molecule has 0 spiro atoms. The Labute approximate surface area is 245 Å². The van der Waals surface area contributed by atoms with Crippen LogP contribution < -0.4 is 15.9 Å². The predicted molar refractivity (Wildman–Crippen MR) is 166 cm³/mol. The van der Waals surface area contributed by atoms with E-state index in [1.165, 1.54) is 0 Å². The van der Waals surface area contributed by atoms with Gasteiger partial charge in [0.1, 0.15) is 11.9 Å². The molecule has 0 saturated heterocycles. The van der Waals surface area contributed by atoms with Crippen LogP contribution in [0.2, 0.25) is 0 Å². The summed E-state index contributed by atoms with van der Waals surface area (Å²) in [5, 5.41) is 10.0. The molecule has 0 aliphatic heterocycles. The first-order valence-electron chi connectivity index (χ1n) is 14.2. The van der Waals surface area contributed by atoms with Crippen LogP contribution in [-0.2, 0) is 14.1 Å². The molecule has 1 radical (unpaired) electrons. The molecule has 3 aromatic carbocycles. The van der Waals surface area contributed by atoms with Crippen molar-refractivity contribution in [1.82, 2.24) is 18.7 Å². The average Bonchev–Trinajstić information content (AvgIpc) is 3.34. The molecule has 0 aliphatic rings. The zero-order valence-corrected chi connectivity index (χ0v) is 25.0. The Hall–Kier alpha value is -4.56. The van der Waals surface area contributed by atoms with Gasteiger partial charge in [0.2, 0.25) is 0 Å². The molecule has 8 nitrogen and oxygen atoms in total. The van der Waals surface area contributed by atoms with E-state index in [2.05, 4.69) is 6.07 Å². The Morgan fingerprint density at radius 3 is 1.81 bits per heavy atom. The molecule has 5 aromatic rings. The van der Waals surface area contributed by atoms with E-state index in [4.69, 9.17) is 4.74 Å². The van der Waals surface area contributed by atoms with Crippen molar-refractivity contribution in [3.63, 3.8) is 0 Å². The third kappa shape index (κ3) is 5.25. The van der Waals surface area contributed by atoms with Crippen LogP contribution in [-0.4, -0.2) is 36.0 Å². The fourth-order valence-electron chi connectivity index (χ4n) is 5.52. The molecule has 42 heavy (non-hydrogen) atoms. The number of hydrogen-bond acceptors (Lipinski definition) is 4. The summed E-state index contributed by atoms with van der Waals surface area (Å²) >= 11 is 0. The Bertz CT molecular complexity index is 1700. The lowest BCUT2D eigenvalue weighted by Crippen LogP contribution is -2.21. The lowest BCUT2D eigenvalue weighted by atomic mass is 9.98. The van der Waals surface area contributed by atoms with E-state index in [1.807, 2.05) is 111 Å². The molecule has 5 rings (SSSR count). The molecule has 8 heteroatoms. The fourth-order valence-corrected chi connectivity index (χ4v) is 5.52. The zero-order chi connectivity index (χ0) is 30.1. The van der Waals surface area contributed by atoms with E-state index in [-0.39, 0.29) is 17.2 Å². The van der Waals surface area contributed by atoms with Crippen LogP contribution in [0.1, 0.15) is 38.1 Å². The minimum Gasteiger partial charge on any atom is -0.490 e.